The Balaban J connectivity index is 1.99. The minimum atomic E-state index is -4.17. The lowest BCUT2D eigenvalue weighted by atomic mass is 10.1. The Kier molecular flexibility index (Phi) is 8.28. The molecule has 0 aliphatic rings. The molecule has 3 aromatic carbocycles. The summed E-state index contributed by atoms with van der Waals surface area (Å²) in [5, 5.41) is 3.28. The molecule has 0 aromatic heterocycles. The molecule has 1 amide bonds. The van der Waals surface area contributed by atoms with Crippen LogP contribution >= 0.6 is 27.5 Å². The van der Waals surface area contributed by atoms with Crippen LogP contribution in [0.15, 0.2) is 70.0 Å². The SMILES string of the molecule is COc1ccc(C)cc1S(=O)(=O)N(CC(=O)NC(C)c1ccc(Br)cc1)c1ccc(C)c(Cl)c1. The molecule has 180 valence electrons. The number of ether oxygens (including phenoxy) is 1. The summed E-state index contributed by atoms with van der Waals surface area (Å²) in [5.41, 5.74) is 2.72. The molecule has 1 atom stereocenters. The summed E-state index contributed by atoms with van der Waals surface area (Å²) >= 11 is 9.69. The first kappa shape index (κ1) is 26.1. The van der Waals surface area contributed by atoms with Crippen LogP contribution in [0.25, 0.3) is 0 Å². The highest BCUT2D eigenvalue weighted by Gasteiger charge is 2.31. The van der Waals surface area contributed by atoms with Crippen LogP contribution in [0.2, 0.25) is 5.02 Å². The number of carbonyl (C=O) groups excluding carboxylic acids is 1. The molecule has 34 heavy (non-hydrogen) atoms. The van der Waals surface area contributed by atoms with E-state index in [-0.39, 0.29) is 22.4 Å². The lowest BCUT2D eigenvalue weighted by molar-refractivity contribution is -0.120. The minimum absolute atomic E-state index is 0.0274. The fraction of sp³-hybridized carbons (Fsp3) is 0.240. The predicted molar refractivity (Wildman–Crippen MR) is 139 cm³/mol. The van der Waals surface area contributed by atoms with E-state index in [1.54, 1.807) is 37.3 Å². The molecule has 0 saturated carbocycles. The Morgan fingerprint density at radius 1 is 1.09 bits per heavy atom. The van der Waals surface area contributed by atoms with Crippen LogP contribution in [0.3, 0.4) is 0 Å². The number of anilines is 1. The van der Waals surface area contributed by atoms with Crippen molar-refractivity contribution in [2.45, 2.75) is 31.7 Å². The van der Waals surface area contributed by atoms with Gasteiger partial charge in [0.2, 0.25) is 5.91 Å². The van der Waals surface area contributed by atoms with Gasteiger partial charge in [0.15, 0.2) is 0 Å². The van der Waals surface area contributed by atoms with Crippen molar-refractivity contribution in [3.05, 3.63) is 86.8 Å². The van der Waals surface area contributed by atoms with Gasteiger partial charge in [-0.1, -0.05) is 51.8 Å². The largest absolute Gasteiger partial charge is 0.495 e. The van der Waals surface area contributed by atoms with Gasteiger partial charge in [-0.15, -0.1) is 0 Å². The van der Waals surface area contributed by atoms with Crippen LogP contribution in [0.5, 0.6) is 5.75 Å². The fourth-order valence-electron chi connectivity index (χ4n) is 3.41. The third-order valence-corrected chi connectivity index (χ3v) is 8.10. The number of carbonyl (C=O) groups is 1. The van der Waals surface area contributed by atoms with Crippen molar-refractivity contribution in [1.29, 1.82) is 0 Å². The molecule has 6 nitrogen and oxygen atoms in total. The number of sulfonamides is 1. The Hall–Kier alpha value is -2.55. The normalized spacial score (nSPS) is 12.2. The lowest BCUT2D eigenvalue weighted by Crippen LogP contribution is -2.41. The number of rotatable bonds is 8. The van der Waals surface area contributed by atoms with E-state index in [1.165, 1.54) is 13.2 Å². The molecule has 3 rings (SSSR count). The predicted octanol–water partition coefficient (Wildman–Crippen LogP) is 5.80. The second-order valence-electron chi connectivity index (χ2n) is 7.94. The molecule has 9 heteroatoms. The van der Waals surface area contributed by atoms with Gasteiger partial charge >= 0.3 is 0 Å². The van der Waals surface area contributed by atoms with Crippen molar-refractivity contribution < 1.29 is 17.9 Å². The van der Waals surface area contributed by atoms with Gasteiger partial charge in [0, 0.05) is 9.50 Å². The van der Waals surface area contributed by atoms with E-state index in [0.717, 1.165) is 25.5 Å². The van der Waals surface area contributed by atoms with Crippen molar-refractivity contribution in [2.75, 3.05) is 18.0 Å². The molecule has 1 unspecified atom stereocenters. The number of methoxy groups -OCH3 is 1. The van der Waals surface area contributed by atoms with Crippen LogP contribution < -0.4 is 14.4 Å². The number of nitrogens with one attached hydrogen (secondary N) is 1. The van der Waals surface area contributed by atoms with Gasteiger partial charge in [-0.05, 0) is 73.9 Å². The first-order valence-electron chi connectivity index (χ1n) is 10.5. The molecular formula is C25H26BrClN2O4S. The molecule has 1 N–H and O–H groups in total. The zero-order valence-corrected chi connectivity index (χ0v) is 22.5. The quantitative estimate of drug-likeness (QED) is 0.375. The van der Waals surface area contributed by atoms with E-state index in [4.69, 9.17) is 16.3 Å². The van der Waals surface area contributed by atoms with Gasteiger partial charge in [0.05, 0.1) is 18.8 Å². The van der Waals surface area contributed by atoms with Gasteiger partial charge < -0.3 is 10.1 Å². The average molecular weight is 566 g/mol. The maximum atomic E-state index is 13.8. The molecule has 0 aliphatic heterocycles. The number of nitrogens with zero attached hydrogens (tertiary/aromatic N) is 1. The smallest absolute Gasteiger partial charge is 0.268 e. The molecule has 0 heterocycles. The molecule has 0 spiro atoms. The number of hydrogen-bond acceptors (Lipinski definition) is 4. The Labute approximate surface area is 214 Å². The first-order valence-corrected chi connectivity index (χ1v) is 13.1. The summed E-state index contributed by atoms with van der Waals surface area (Å²) in [6.07, 6.45) is 0. The van der Waals surface area contributed by atoms with Crippen molar-refractivity contribution in [1.82, 2.24) is 5.32 Å². The molecule has 0 fully saturated rings. The topological polar surface area (TPSA) is 75.7 Å². The van der Waals surface area contributed by atoms with Crippen LogP contribution in [0.4, 0.5) is 5.69 Å². The summed E-state index contributed by atoms with van der Waals surface area (Å²) in [4.78, 5) is 13.0. The van der Waals surface area contributed by atoms with Gasteiger partial charge in [-0.25, -0.2) is 8.42 Å². The number of halogens is 2. The molecule has 0 saturated heterocycles. The number of hydrogen-bond donors (Lipinski definition) is 1. The Morgan fingerprint density at radius 3 is 2.38 bits per heavy atom. The van der Waals surface area contributed by atoms with Crippen molar-refractivity contribution in [3.63, 3.8) is 0 Å². The second-order valence-corrected chi connectivity index (χ2v) is 11.1. The standard InChI is InChI=1S/C25H26BrClN2O4S/c1-16-5-12-23(33-4)24(13-16)34(31,32)29(21-11-6-17(2)22(27)14-21)15-25(30)28-18(3)19-7-9-20(26)10-8-19/h5-14,18H,15H2,1-4H3,(H,28,30). The highest BCUT2D eigenvalue weighted by atomic mass is 79.9. The molecule has 0 bridgehead atoms. The minimum Gasteiger partial charge on any atom is -0.495 e. The van der Waals surface area contributed by atoms with Gasteiger partial charge in [-0.2, -0.15) is 0 Å². The third-order valence-electron chi connectivity index (χ3n) is 5.37. The molecule has 0 radical (unpaired) electrons. The van der Waals surface area contributed by atoms with Crippen LogP contribution in [0.1, 0.15) is 29.7 Å². The van der Waals surface area contributed by atoms with E-state index in [2.05, 4.69) is 21.2 Å². The maximum Gasteiger partial charge on any atom is 0.268 e. The first-order chi connectivity index (χ1) is 16.0. The van der Waals surface area contributed by atoms with Crippen molar-refractivity contribution >= 4 is 49.1 Å². The number of amides is 1. The second kappa shape index (κ2) is 10.8. The lowest BCUT2D eigenvalue weighted by Gasteiger charge is -2.26. The summed E-state index contributed by atoms with van der Waals surface area (Å²) in [7, 11) is -2.76. The van der Waals surface area contributed by atoms with Gasteiger partial charge in [0.25, 0.3) is 10.0 Å². The van der Waals surface area contributed by atoms with Gasteiger partial charge in [-0.3, -0.25) is 9.10 Å². The summed E-state index contributed by atoms with van der Waals surface area (Å²) in [6.45, 7) is 5.02. The highest BCUT2D eigenvalue weighted by Crippen LogP contribution is 2.32. The van der Waals surface area contributed by atoms with E-state index in [1.807, 2.05) is 38.1 Å². The average Bonchev–Trinajstić information content (AvgIpc) is 2.79. The van der Waals surface area contributed by atoms with E-state index >= 15 is 0 Å². The Bertz CT molecular complexity index is 1300. The van der Waals surface area contributed by atoms with E-state index in [9.17, 15) is 13.2 Å². The molecule has 0 aliphatic carbocycles. The summed E-state index contributed by atoms with van der Waals surface area (Å²) < 4.78 is 34.9. The fourth-order valence-corrected chi connectivity index (χ4v) is 5.50. The van der Waals surface area contributed by atoms with E-state index < -0.39 is 22.5 Å². The number of aryl methyl sites for hydroxylation is 2. The van der Waals surface area contributed by atoms with Crippen LogP contribution in [-0.2, 0) is 14.8 Å². The summed E-state index contributed by atoms with van der Waals surface area (Å²) in [5.74, 6) is -0.264. The molecular weight excluding hydrogens is 540 g/mol. The highest BCUT2D eigenvalue weighted by molar-refractivity contribution is 9.10. The molecule has 3 aromatic rings. The maximum absolute atomic E-state index is 13.8. The zero-order valence-electron chi connectivity index (χ0n) is 19.3. The van der Waals surface area contributed by atoms with Crippen LogP contribution in [-0.4, -0.2) is 28.0 Å². The van der Waals surface area contributed by atoms with Gasteiger partial charge in [0.1, 0.15) is 17.2 Å². The summed E-state index contributed by atoms with van der Waals surface area (Å²) in [6, 6.07) is 17.0. The Morgan fingerprint density at radius 2 is 1.76 bits per heavy atom. The third kappa shape index (κ3) is 5.92. The number of benzene rings is 3. The van der Waals surface area contributed by atoms with E-state index in [0.29, 0.717) is 5.02 Å². The zero-order chi connectivity index (χ0) is 25.0. The van der Waals surface area contributed by atoms with Crippen molar-refractivity contribution in [2.24, 2.45) is 0 Å². The van der Waals surface area contributed by atoms with Crippen molar-refractivity contribution in [3.8, 4) is 5.75 Å². The monoisotopic (exact) mass is 564 g/mol. The van der Waals surface area contributed by atoms with Crippen LogP contribution in [0, 0.1) is 13.8 Å².